The zero-order valence-electron chi connectivity index (χ0n) is 10.6. The van der Waals surface area contributed by atoms with Gasteiger partial charge in [-0.1, -0.05) is 17.7 Å². The maximum absolute atomic E-state index is 12.9. The van der Waals surface area contributed by atoms with Crippen molar-refractivity contribution >= 4 is 57.1 Å². The fourth-order valence-electron chi connectivity index (χ4n) is 1.84. The van der Waals surface area contributed by atoms with E-state index >= 15 is 0 Å². The fourth-order valence-corrected chi connectivity index (χ4v) is 2.66. The van der Waals surface area contributed by atoms with Gasteiger partial charge in [-0.2, -0.15) is 8.42 Å². The summed E-state index contributed by atoms with van der Waals surface area (Å²) < 4.78 is 43.8. The molecule has 0 aliphatic carbocycles. The van der Waals surface area contributed by atoms with Crippen LogP contribution in [0.4, 0.5) is 4.39 Å². The van der Waals surface area contributed by atoms with Crippen LogP contribution < -0.4 is 0 Å². The van der Waals surface area contributed by atoms with E-state index in [4.69, 9.17) is 16.2 Å². The van der Waals surface area contributed by atoms with E-state index < -0.39 is 27.5 Å². The summed E-state index contributed by atoms with van der Waals surface area (Å²) in [4.78, 5) is 12.4. The van der Waals surface area contributed by atoms with E-state index in [1.54, 1.807) is 0 Å². The van der Waals surface area contributed by atoms with Crippen molar-refractivity contribution in [2.75, 3.05) is 0 Å². The molecule has 1 N–H and O–H groups in total. The molecule has 0 fully saturated rings. The Morgan fingerprint density at radius 3 is 2.27 bits per heavy atom. The number of halogens is 2. The molecular formula is C14H11ClFNaO4S. The van der Waals surface area contributed by atoms with Crippen LogP contribution in [0.2, 0.25) is 5.02 Å². The minimum atomic E-state index is -4.29. The maximum atomic E-state index is 12.9. The van der Waals surface area contributed by atoms with Crippen molar-refractivity contribution in [3.8, 4) is 0 Å². The van der Waals surface area contributed by atoms with Crippen LogP contribution in [0.15, 0.2) is 42.5 Å². The molecule has 2 aromatic rings. The Bertz CT molecular complexity index is 791. The summed E-state index contributed by atoms with van der Waals surface area (Å²) in [6.45, 7) is 0. The third-order valence-electron chi connectivity index (χ3n) is 2.76. The Morgan fingerprint density at radius 1 is 1.14 bits per heavy atom. The van der Waals surface area contributed by atoms with Gasteiger partial charge in [0.1, 0.15) is 11.6 Å². The summed E-state index contributed by atoms with van der Waals surface area (Å²) in [5, 5.41) is 0.250. The molecule has 2 rings (SSSR count). The molecule has 0 aliphatic heterocycles. The molecule has 22 heavy (non-hydrogen) atoms. The van der Waals surface area contributed by atoms with Crippen molar-refractivity contribution in [2.24, 2.45) is 0 Å². The molecule has 0 bridgehead atoms. The van der Waals surface area contributed by atoms with Gasteiger partial charge in [0.25, 0.3) is 10.1 Å². The van der Waals surface area contributed by atoms with E-state index in [2.05, 4.69) is 0 Å². The van der Waals surface area contributed by atoms with Gasteiger partial charge in [-0.25, -0.2) is 4.39 Å². The van der Waals surface area contributed by atoms with Crippen LogP contribution in [0.25, 0.3) is 0 Å². The third-order valence-corrected chi connectivity index (χ3v) is 3.67. The number of ketones is 1. The zero-order valence-corrected chi connectivity index (χ0v) is 12.2. The molecule has 0 amide bonds. The zero-order chi connectivity index (χ0) is 15.6. The van der Waals surface area contributed by atoms with Crippen molar-refractivity contribution in [1.29, 1.82) is 0 Å². The van der Waals surface area contributed by atoms with Gasteiger partial charge in [-0.3, -0.25) is 9.35 Å². The van der Waals surface area contributed by atoms with Crippen molar-refractivity contribution in [1.82, 2.24) is 0 Å². The topological polar surface area (TPSA) is 71.4 Å². The monoisotopic (exact) mass is 352 g/mol. The SMILES string of the molecule is O=C(c1ccc(F)cc1)c1cc(Cl)ccc1CS(=O)(=O)O.[NaH]. The van der Waals surface area contributed by atoms with Gasteiger partial charge in [0.2, 0.25) is 0 Å². The first-order chi connectivity index (χ1) is 9.76. The van der Waals surface area contributed by atoms with Crippen LogP contribution in [-0.2, 0) is 15.9 Å². The normalized spacial score (nSPS) is 10.9. The number of hydrogen-bond acceptors (Lipinski definition) is 3. The number of carbonyl (C=O) groups is 1. The second kappa shape index (κ2) is 7.68. The summed E-state index contributed by atoms with van der Waals surface area (Å²) >= 11 is 5.82. The molecule has 4 nitrogen and oxygen atoms in total. The average Bonchev–Trinajstić information content (AvgIpc) is 2.39. The van der Waals surface area contributed by atoms with Crippen LogP contribution in [0, 0.1) is 5.82 Å². The van der Waals surface area contributed by atoms with Crippen molar-refractivity contribution in [3.05, 3.63) is 70.0 Å². The van der Waals surface area contributed by atoms with Crippen LogP contribution in [0.1, 0.15) is 21.5 Å². The van der Waals surface area contributed by atoms with Gasteiger partial charge in [0, 0.05) is 16.1 Å². The third kappa shape index (κ3) is 5.15. The summed E-state index contributed by atoms with van der Waals surface area (Å²) in [5.74, 6) is -1.70. The van der Waals surface area contributed by atoms with E-state index in [-0.39, 0.29) is 51.3 Å². The van der Waals surface area contributed by atoms with E-state index in [0.29, 0.717) is 0 Å². The molecule has 0 unspecified atom stereocenters. The van der Waals surface area contributed by atoms with Gasteiger partial charge >= 0.3 is 29.6 Å². The molecule has 0 saturated heterocycles. The first-order valence-electron chi connectivity index (χ1n) is 5.80. The van der Waals surface area contributed by atoms with Crippen LogP contribution in [-0.4, -0.2) is 48.3 Å². The number of rotatable bonds is 4. The summed E-state index contributed by atoms with van der Waals surface area (Å²) in [7, 11) is -4.29. The van der Waals surface area contributed by atoms with Crippen molar-refractivity contribution in [2.45, 2.75) is 5.75 Å². The Morgan fingerprint density at radius 2 is 1.73 bits per heavy atom. The summed E-state index contributed by atoms with van der Waals surface area (Å²) in [6.07, 6.45) is 0. The van der Waals surface area contributed by atoms with Gasteiger partial charge in [0.05, 0.1) is 0 Å². The van der Waals surface area contributed by atoms with Gasteiger partial charge in [-0.15, -0.1) is 0 Å². The molecule has 112 valence electrons. The van der Waals surface area contributed by atoms with Gasteiger partial charge in [0.15, 0.2) is 5.78 Å². The van der Waals surface area contributed by atoms with E-state index in [1.165, 1.54) is 30.3 Å². The molecule has 0 saturated carbocycles. The van der Waals surface area contributed by atoms with Crippen LogP contribution in [0.5, 0.6) is 0 Å². The summed E-state index contributed by atoms with van der Waals surface area (Å²) in [6, 6.07) is 8.91. The second-order valence-electron chi connectivity index (χ2n) is 4.36. The second-order valence-corrected chi connectivity index (χ2v) is 6.25. The molecule has 0 spiro atoms. The molecular weight excluding hydrogens is 342 g/mol. The van der Waals surface area contributed by atoms with E-state index in [1.807, 2.05) is 0 Å². The molecule has 2 aromatic carbocycles. The average molecular weight is 353 g/mol. The van der Waals surface area contributed by atoms with Crippen molar-refractivity contribution < 1.29 is 22.2 Å². The Balaban J connectivity index is 0.00000242. The van der Waals surface area contributed by atoms with E-state index in [0.717, 1.165) is 12.1 Å². The Kier molecular flexibility index (Phi) is 6.73. The predicted octanol–water partition coefficient (Wildman–Crippen LogP) is 2.45. The van der Waals surface area contributed by atoms with Gasteiger partial charge in [-0.05, 0) is 42.0 Å². The standard InChI is InChI=1S/C14H10ClFO4S.Na.H/c15-11-4-1-10(8-21(18,19)20)13(7-11)14(17)9-2-5-12(16)6-3-9;;/h1-7H,8H2,(H,18,19,20);;. The molecule has 0 aliphatic rings. The number of carbonyl (C=O) groups excluding carboxylic acids is 1. The molecule has 0 atom stereocenters. The predicted molar refractivity (Wildman–Crippen MR) is 83.7 cm³/mol. The molecule has 0 radical (unpaired) electrons. The van der Waals surface area contributed by atoms with E-state index in [9.17, 15) is 17.6 Å². The first kappa shape index (κ1) is 19.3. The van der Waals surface area contributed by atoms with Crippen LogP contribution in [0.3, 0.4) is 0 Å². The summed E-state index contributed by atoms with van der Waals surface area (Å²) in [5.41, 5.74) is 0.359. The van der Waals surface area contributed by atoms with Crippen LogP contribution >= 0.6 is 11.6 Å². The Labute approximate surface area is 154 Å². The first-order valence-corrected chi connectivity index (χ1v) is 7.79. The van der Waals surface area contributed by atoms with Gasteiger partial charge < -0.3 is 0 Å². The van der Waals surface area contributed by atoms with Crippen molar-refractivity contribution in [3.63, 3.8) is 0 Å². The quantitative estimate of drug-likeness (QED) is 0.521. The Hall–Kier alpha value is -0.760. The molecule has 8 heteroatoms. The minimum absolute atomic E-state index is 0. The number of benzene rings is 2. The molecule has 0 heterocycles. The number of hydrogen-bond donors (Lipinski definition) is 1. The fraction of sp³-hybridized carbons (Fsp3) is 0.0714. The molecule has 0 aromatic heterocycles.